The molecule has 1 aliphatic rings. The van der Waals surface area contributed by atoms with Crippen LogP contribution in [0.25, 0.3) is 0 Å². The molecule has 7 nitrogen and oxygen atoms in total. The van der Waals surface area contributed by atoms with Crippen LogP contribution >= 0.6 is 0 Å². The first-order valence-electron chi connectivity index (χ1n) is 7.62. The summed E-state index contributed by atoms with van der Waals surface area (Å²) in [6.45, 7) is 0.464. The number of hydrogen-bond acceptors (Lipinski definition) is 4. The van der Waals surface area contributed by atoms with Gasteiger partial charge in [-0.25, -0.2) is 4.79 Å². The van der Waals surface area contributed by atoms with E-state index >= 15 is 0 Å². The summed E-state index contributed by atoms with van der Waals surface area (Å²) in [5.41, 5.74) is 1.58. The summed E-state index contributed by atoms with van der Waals surface area (Å²) in [6, 6.07) is 13.7. The van der Waals surface area contributed by atoms with E-state index in [1.807, 2.05) is 24.3 Å². The fraction of sp³-hybridized carbons (Fsp3) is 0.235. The van der Waals surface area contributed by atoms with Crippen molar-refractivity contribution in [2.45, 2.75) is 19.1 Å². The molecule has 2 aromatic rings. The van der Waals surface area contributed by atoms with Crippen molar-refractivity contribution in [2.75, 3.05) is 6.54 Å². The molecular weight excluding hydrogens is 310 g/mol. The largest absolute Gasteiger partial charge is 0.488 e. The maximum atomic E-state index is 11.9. The lowest BCUT2D eigenvalue weighted by molar-refractivity contribution is -0.385. The fourth-order valence-corrected chi connectivity index (χ4v) is 2.65. The molecule has 0 radical (unpaired) electrons. The van der Waals surface area contributed by atoms with Crippen molar-refractivity contribution in [3.8, 4) is 5.75 Å². The van der Waals surface area contributed by atoms with Crippen LogP contribution in [0.5, 0.6) is 5.75 Å². The van der Waals surface area contributed by atoms with E-state index < -0.39 is 4.92 Å². The molecule has 3 rings (SSSR count). The quantitative estimate of drug-likeness (QED) is 0.651. The molecule has 7 heteroatoms. The molecule has 2 amide bonds. The predicted octanol–water partition coefficient (Wildman–Crippen LogP) is 2.40. The molecule has 1 heterocycles. The molecule has 24 heavy (non-hydrogen) atoms. The van der Waals surface area contributed by atoms with Crippen LogP contribution in [0.3, 0.4) is 0 Å². The van der Waals surface area contributed by atoms with Crippen molar-refractivity contribution < 1.29 is 14.5 Å². The SMILES string of the molecule is O=C(NCc1ccccc1[N+](=O)[O-])NC[C@@H]1Cc2ccccc2O1. The van der Waals surface area contributed by atoms with Crippen molar-refractivity contribution in [3.63, 3.8) is 0 Å². The third kappa shape index (κ3) is 3.62. The molecule has 2 N–H and O–H groups in total. The Morgan fingerprint density at radius 1 is 1.17 bits per heavy atom. The van der Waals surface area contributed by atoms with Crippen LogP contribution in [0.1, 0.15) is 11.1 Å². The molecule has 1 aliphatic heterocycles. The van der Waals surface area contributed by atoms with E-state index in [1.165, 1.54) is 6.07 Å². The van der Waals surface area contributed by atoms with Crippen LogP contribution in [0.4, 0.5) is 10.5 Å². The highest BCUT2D eigenvalue weighted by Gasteiger charge is 2.22. The average Bonchev–Trinajstić information content (AvgIpc) is 3.01. The lowest BCUT2D eigenvalue weighted by atomic mass is 10.1. The number of hydrogen-bond donors (Lipinski definition) is 2. The third-order valence-corrected chi connectivity index (χ3v) is 3.83. The molecule has 0 fully saturated rings. The van der Waals surface area contributed by atoms with Gasteiger partial charge in [-0.15, -0.1) is 0 Å². The van der Waals surface area contributed by atoms with E-state index in [9.17, 15) is 14.9 Å². The minimum atomic E-state index is -0.460. The number of fused-ring (bicyclic) bond motifs is 1. The number of urea groups is 1. The van der Waals surface area contributed by atoms with E-state index in [-0.39, 0.29) is 24.4 Å². The molecule has 0 saturated heterocycles. The standard InChI is InChI=1S/C17H17N3O4/c21-17(18-10-13-6-1-3-7-15(13)20(22)23)19-11-14-9-12-5-2-4-8-16(12)24-14/h1-8,14H,9-11H2,(H2,18,19,21)/t14-/m0/s1. The van der Waals surface area contributed by atoms with E-state index in [2.05, 4.69) is 10.6 Å². The number of carbonyl (C=O) groups is 1. The van der Waals surface area contributed by atoms with Gasteiger partial charge in [0.2, 0.25) is 0 Å². The number of amides is 2. The predicted molar refractivity (Wildman–Crippen MR) is 87.9 cm³/mol. The van der Waals surface area contributed by atoms with Gasteiger partial charge in [0, 0.05) is 18.1 Å². The number of carbonyl (C=O) groups excluding carboxylic acids is 1. The molecule has 0 unspecified atom stereocenters. The Bertz CT molecular complexity index is 738. The van der Waals surface area contributed by atoms with Crippen LogP contribution < -0.4 is 15.4 Å². The third-order valence-electron chi connectivity index (χ3n) is 3.83. The molecule has 0 aromatic heterocycles. The molecule has 0 spiro atoms. The van der Waals surface area contributed by atoms with Gasteiger partial charge in [0.15, 0.2) is 0 Å². The van der Waals surface area contributed by atoms with Gasteiger partial charge in [0.05, 0.1) is 18.0 Å². The van der Waals surface area contributed by atoms with E-state index in [0.717, 1.165) is 17.7 Å². The van der Waals surface area contributed by atoms with Crippen LogP contribution in [0, 0.1) is 10.1 Å². The second-order valence-corrected chi connectivity index (χ2v) is 5.50. The fourth-order valence-electron chi connectivity index (χ4n) is 2.65. The van der Waals surface area contributed by atoms with Gasteiger partial charge < -0.3 is 15.4 Å². The zero-order chi connectivity index (χ0) is 16.9. The van der Waals surface area contributed by atoms with Crippen LogP contribution in [-0.4, -0.2) is 23.6 Å². The number of nitro benzene ring substituents is 1. The second kappa shape index (κ2) is 6.99. The number of nitro groups is 1. The first-order chi connectivity index (χ1) is 11.6. The summed E-state index contributed by atoms with van der Waals surface area (Å²) in [5.74, 6) is 0.851. The van der Waals surface area contributed by atoms with Gasteiger partial charge in [-0.05, 0) is 11.6 Å². The Morgan fingerprint density at radius 3 is 2.71 bits per heavy atom. The topological polar surface area (TPSA) is 93.5 Å². The highest BCUT2D eigenvalue weighted by Crippen LogP contribution is 2.27. The molecular formula is C17H17N3O4. The van der Waals surface area contributed by atoms with Crippen molar-refractivity contribution in [1.29, 1.82) is 0 Å². The van der Waals surface area contributed by atoms with Crippen LogP contribution in [0.15, 0.2) is 48.5 Å². The zero-order valence-corrected chi connectivity index (χ0v) is 12.9. The van der Waals surface area contributed by atoms with E-state index in [1.54, 1.807) is 18.2 Å². The Kier molecular flexibility index (Phi) is 4.60. The minimum Gasteiger partial charge on any atom is -0.488 e. The normalized spacial score (nSPS) is 15.2. The highest BCUT2D eigenvalue weighted by atomic mass is 16.6. The second-order valence-electron chi connectivity index (χ2n) is 5.50. The number of rotatable bonds is 5. The molecule has 2 aromatic carbocycles. The molecule has 0 saturated carbocycles. The summed E-state index contributed by atoms with van der Waals surface area (Å²) in [6.07, 6.45) is 0.653. The van der Waals surface area contributed by atoms with E-state index in [4.69, 9.17) is 4.74 Å². The van der Waals surface area contributed by atoms with Crippen molar-refractivity contribution >= 4 is 11.7 Å². The lowest BCUT2D eigenvalue weighted by Crippen LogP contribution is -2.40. The summed E-state index contributed by atoms with van der Waals surface area (Å²) in [5, 5.41) is 16.3. The number of ether oxygens (including phenoxy) is 1. The van der Waals surface area contributed by atoms with Crippen molar-refractivity contribution in [2.24, 2.45) is 0 Å². The molecule has 0 aliphatic carbocycles. The average molecular weight is 327 g/mol. The van der Waals surface area contributed by atoms with Crippen molar-refractivity contribution in [1.82, 2.24) is 10.6 Å². The van der Waals surface area contributed by atoms with Gasteiger partial charge in [-0.3, -0.25) is 10.1 Å². The van der Waals surface area contributed by atoms with Gasteiger partial charge in [-0.1, -0.05) is 36.4 Å². The molecule has 0 bridgehead atoms. The van der Waals surface area contributed by atoms with Crippen LogP contribution in [-0.2, 0) is 13.0 Å². The highest BCUT2D eigenvalue weighted by molar-refractivity contribution is 5.74. The molecule has 1 atom stereocenters. The maximum absolute atomic E-state index is 11.9. The zero-order valence-electron chi connectivity index (χ0n) is 12.9. The van der Waals surface area contributed by atoms with Gasteiger partial charge in [-0.2, -0.15) is 0 Å². The smallest absolute Gasteiger partial charge is 0.315 e. The summed E-state index contributed by atoms with van der Waals surface area (Å²) >= 11 is 0. The summed E-state index contributed by atoms with van der Waals surface area (Å²) in [7, 11) is 0. The summed E-state index contributed by atoms with van der Waals surface area (Å²) in [4.78, 5) is 22.4. The minimum absolute atomic E-state index is 0.00706. The Morgan fingerprint density at radius 2 is 1.92 bits per heavy atom. The number of para-hydroxylation sites is 2. The summed E-state index contributed by atoms with van der Waals surface area (Å²) < 4.78 is 5.74. The van der Waals surface area contributed by atoms with Gasteiger partial charge in [0.25, 0.3) is 5.69 Å². The first-order valence-corrected chi connectivity index (χ1v) is 7.62. The Hall–Kier alpha value is -3.09. The maximum Gasteiger partial charge on any atom is 0.315 e. The van der Waals surface area contributed by atoms with Gasteiger partial charge >= 0.3 is 6.03 Å². The number of nitrogens with zero attached hydrogens (tertiary/aromatic N) is 1. The number of benzene rings is 2. The molecule has 124 valence electrons. The number of nitrogens with one attached hydrogen (secondary N) is 2. The van der Waals surface area contributed by atoms with E-state index in [0.29, 0.717) is 12.1 Å². The van der Waals surface area contributed by atoms with Crippen LogP contribution in [0.2, 0.25) is 0 Å². The lowest BCUT2D eigenvalue weighted by Gasteiger charge is -2.12. The monoisotopic (exact) mass is 327 g/mol. The van der Waals surface area contributed by atoms with Crippen molar-refractivity contribution in [3.05, 3.63) is 69.8 Å². The first kappa shape index (κ1) is 15.8. The Labute approximate surface area is 138 Å². The van der Waals surface area contributed by atoms with Gasteiger partial charge in [0.1, 0.15) is 11.9 Å². The Balaban J connectivity index is 1.47.